The van der Waals surface area contributed by atoms with Crippen LogP contribution in [0, 0.1) is 5.92 Å². The first kappa shape index (κ1) is 15.2. The summed E-state index contributed by atoms with van der Waals surface area (Å²) in [5, 5.41) is 22.0. The van der Waals surface area contributed by atoms with Gasteiger partial charge in [0, 0.05) is 18.0 Å². The molecule has 1 aromatic rings. The van der Waals surface area contributed by atoms with Crippen molar-refractivity contribution in [2.75, 3.05) is 13.1 Å². The van der Waals surface area contributed by atoms with Crippen molar-refractivity contribution in [3.8, 4) is 5.75 Å². The summed E-state index contributed by atoms with van der Waals surface area (Å²) >= 11 is 0. The van der Waals surface area contributed by atoms with E-state index >= 15 is 0 Å². The van der Waals surface area contributed by atoms with Crippen molar-refractivity contribution in [3.63, 3.8) is 0 Å². The fourth-order valence-corrected chi connectivity index (χ4v) is 6.32. The number of aromatic hydroxyl groups is 1. The molecule has 0 radical (unpaired) electrons. The standard InChI is InChI=1S/C21H29NO2/c23-17-7-6-16-12-19-21(24)9-2-1-8-20(21,18(16)13-17)10-11-22(19)14-15-4-3-5-15/h6-7,13,15,19,23-24H,1-5,8-12,14H2/t19?,20-,21?/m0/s1. The quantitative estimate of drug-likeness (QED) is 0.875. The molecule has 1 heterocycles. The Labute approximate surface area is 144 Å². The third-order valence-corrected chi connectivity index (χ3v) is 7.80. The summed E-state index contributed by atoms with van der Waals surface area (Å²) in [6.07, 6.45) is 10.5. The van der Waals surface area contributed by atoms with Crippen LogP contribution in [0.25, 0.3) is 0 Å². The molecule has 1 aliphatic heterocycles. The summed E-state index contributed by atoms with van der Waals surface area (Å²) in [4.78, 5) is 2.63. The van der Waals surface area contributed by atoms with Crippen LogP contribution in [0.15, 0.2) is 18.2 Å². The normalized spacial score (nSPS) is 39.0. The van der Waals surface area contributed by atoms with Gasteiger partial charge in [0.25, 0.3) is 0 Å². The highest BCUT2D eigenvalue weighted by Gasteiger charge is 2.63. The molecule has 3 fully saturated rings. The number of hydrogen-bond acceptors (Lipinski definition) is 3. The zero-order valence-corrected chi connectivity index (χ0v) is 14.5. The van der Waals surface area contributed by atoms with Gasteiger partial charge >= 0.3 is 0 Å². The Hall–Kier alpha value is -1.06. The Balaban J connectivity index is 1.59. The summed E-state index contributed by atoms with van der Waals surface area (Å²) < 4.78 is 0. The molecule has 0 aromatic heterocycles. The number of nitrogens with zero attached hydrogens (tertiary/aromatic N) is 1. The maximum Gasteiger partial charge on any atom is 0.115 e. The minimum Gasteiger partial charge on any atom is -0.508 e. The van der Waals surface area contributed by atoms with Crippen LogP contribution in [0.5, 0.6) is 5.75 Å². The predicted molar refractivity (Wildman–Crippen MR) is 94.2 cm³/mol. The average Bonchev–Trinajstić information content (AvgIpc) is 2.53. The van der Waals surface area contributed by atoms with Crippen molar-refractivity contribution >= 4 is 0 Å². The summed E-state index contributed by atoms with van der Waals surface area (Å²) in [6, 6.07) is 6.17. The van der Waals surface area contributed by atoms with Gasteiger partial charge in [-0.1, -0.05) is 25.3 Å². The maximum absolute atomic E-state index is 11.9. The number of hydrogen-bond donors (Lipinski definition) is 2. The Morgan fingerprint density at radius 1 is 1.08 bits per heavy atom. The SMILES string of the molecule is Oc1ccc2c(c1)[C@@]13CCCCC1(O)C(C2)N(CC1CCC1)CC3. The van der Waals surface area contributed by atoms with E-state index in [-0.39, 0.29) is 11.5 Å². The minimum absolute atomic E-state index is 0.127. The largest absolute Gasteiger partial charge is 0.508 e. The molecule has 3 aliphatic carbocycles. The third kappa shape index (κ3) is 1.91. The molecule has 3 nitrogen and oxygen atoms in total. The summed E-state index contributed by atoms with van der Waals surface area (Å²) in [5.41, 5.74) is 1.89. The van der Waals surface area contributed by atoms with Crippen molar-refractivity contribution in [3.05, 3.63) is 29.3 Å². The fraction of sp³-hybridized carbons (Fsp3) is 0.714. The average molecular weight is 327 g/mol. The molecule has 1 saturated heterocycles. The first-order chi connectivity index (χ1) is 11.6. The van der Waals surface area contributed by atoms with Gasteiger partial charge < -0.3 is 10.2 Å². The Morgan fingerprint density at radius 3 is 2.71 bits per heavy atom. The highest BCUT2D eigenvalue weighted by atomic mass is 16.3. The Morgan fingerprint density at radius 2 is 1.92 bits per heavy atom. The Bertz CT molecular complexity index is 655. The molecule has 2 unspecified atom stereocenters. The van der Waals surface area contributed by atoms with Crippen LogP contribution in [-0.2, 0) is 11.8 Å². The number of rotatable bonds is 2. The molecule has 2 N–H and O–H groups in total. The van der Waals surface area contributed by atoms with Crippen molar-refractivity contribution in [1.29, 1.82) is 0 Å². The van der Waals surface area contributed by atoms with Crippen molar-refractivity contribution in [2.24, 2.45) is 5.92 Å². The van der Waals surface area contributed by atoms with Crippen LogP contribution in [-0.4, -0.2) is 39.8 Å². The van der Waals surface area contributed by atoms with Gasteiger partial charge in [-0.3, -0.25) is 4.90 Å². The van der Waals surface area contributed by atoms with Gasteiger partial charge in [-0.2, -0.15) is 0 Å². The van der Waals surface area contributed by atoms with Gasteiger partial charge in [-0.15, -0.1) is 0 Å². The lowest BCUT2D eigenvalue weighted by Gasteiger charge is -2.64. The molecule has 0 spiro atoms. The minimum atomic E-state index is -0.603. The van der Waals surface area contributed by atoms with Gasteiger partial charge in [0.05, 0.1) is 5.60 Å². The second kappa shape index (κ2) is 5.22. The van der Waals surface area contributed by atoms with Gasteiger partial charge in [0.15, 0.2) is 0 Å². The third-order valence-electron chi connectivity index (χ3n) is 7.80. The second-order valence-electron chi connectivity index (χ2n) is 8.82. The first-order valence-electron chi connectivity index (χ1n) is 9.91. The fourth-order valence-electron chi connectivity index (χ4n) is 6.32. The van der Waals surface area contributed by atoms with Crippen LogP contribution in [0.2, 0.25) is 0 Å². The van der Waals surface area contributed by atoms with Gasteiger partial charge in [0.2, 0.25) is 0 Å². The smallest absolute Gasteiger partial charge is 0.115 e. The molecule has 130 valence electrons. The van der Waals surface area contributed by atoms with Crippen molar-refractivity contribution in [1.82, 2.24) is 4.90 Å². The first-order valence-corrected chi connectivity index (χ1v) is 9.91. The van der Waals surface area contributed by atoms with E-state index in [0.29, 0.717) is 5.75 Å². The van der Waals surface area contributed by atoms with E-state index in [1.54, 1.807) is 0 Å². The van der Waals surface area contributed by atoms with Gasteiger partial charge in [-0.05, 0) is 74.2 Å². The van der Waals surface area contributed by atoms with Gasteiger partial charge in [0.1, 0.15) is 5.75 Å². The summed E-state index contributed by atoms with van der Waals surface area (Å²) in [6.45, 7) is 2.29. The van der Waals surface area contributed by atoms with Crippen LogP contribution >= 0.6 is 0 Å². The van der Waals surface area contributed by atoms with E-state index in [1.165, 1.54) is 43.4 Å². The van der Waals surface area contributed by atoms with E-state index in [4.69, 9.17) is 0 Å². The van der Waals surface area contributed by atoms with E-state index in [2.05, 4.69) is 11.0 Å². The van der Waals surface area contributed by atoms with E-state index in [9.17, 15) is 10.2 Å². The molecule has 0 amide bonds. The van der Waals surface area contributed by atoms with Crippen LogP contribution < -0.4 is 0 Å². The van der Waals surface area contributed by atoms with Crippen LogP contribution in [0.1, 0.15) is 62.5 Å². The lowest BCUT2D eigenvalue weighted by molar-refractivity contribution is -0.169. The second-order valence-corrected chi connectivity index (χ2v) is 8.82. The number of phenolic OH excluding ortho intramolecular Hbond substituents is 1. The number of fused-ring (bicyclic) bond motifs is 1. The molecule has 2 bridgehead atoms. The molecular formula is C21H29NO2. The zero-order chi connectivity index (χ0) is 16.4. The lowest BCUT2D eigenvalue weighted by atomic mass is 9.49. The molecule has 2 saturated carbocycles. The molecule has 1 aromatic carbocycles. The van der Waals surface area contributed by atoms with Crippen LogP contribution in [0.4, 0.5) is 0 Å². The van der Waals surface area contributed by atoms with E-state index < -0.39 is 5.60 Å². The van der Waals surface area contributed by atoms with Crippen LogP contribution in [0.3, 0.4) is 0 Å². The number of phenols is 1. The van der Waals surface area contributed by atoms with Crippen molar-refractivity contribution < 1.29 is 10.2 Å². The number of benzene rings is 1. The van der Waals surface area contributed by atoms with E-state index in [1.807, 2.05) is 12.1 Å². The molecule has 5 rings (SSSR count). The molecule has 3 heteroatoms. The van der Waals surface area contributed by atoms with Crippen molar-refractivity contribution in [2.45, 2.75) is 74.8 Å². The molecular weight excluding hydrogens is 298 g/mol. The number of piperidine rings is 1. The lowest BCUT2D eigenvalue weighted by Crippen LogP contribution is -2.72. The summed E-state index contributed by atoms with van der Waals surface area (Å²) in [5.74, 6) is 1.21. The van der Waals surface area contributed by atoms with E-state index in [0.717, 1.165) is 44.6 Å². The monoisotopic (exact) mass is 327 g/mol. The highest BCUT2D eigenvalue weighted by molar-refractivity contribution is 5.48. The highest BCUT2D eigenvalue weighted by Crippen LogP contribution is 2.58. The zero-order valence-electron chi connectivity index (χ0n) is 14.5. The molecule has 3 atom stereocenters. The molecule has 24 heavy (non-hydrogen) atoms. The number of aliphatic hydroxyl groups is 1. The maximum atomic E-state index is 11.9. The van der Waals surface area contributed by atoms with Gasteiger partial charge in [-0.25, -0.2) is 0 Å². The topological polar surface area (TPSA) is 43.7 Å². The number of likely N-dealkylation sites (tertiary alicyclic amines) is 1. The predicted octanol–water partition coefficient (Wildman–Crippen LogP) is 3.37. The Kier molecular flexibility index (Phi) is 3.31. The molecule has 4 aliphatic rings. The summed E-state index contributed by atoms with van der Waals surface area (Å²) in [7, 11) is 0.